The van der Waals surface area contributed by atoms with E-state index in [4.69, 9.17) is 14.2 Å². The molecule has 1 aromatic rings. The summed E-state index contributed by atoms with van der Waals surface area (Å²) in [4.78, 5) is 0.820. The van der Waals surface area contributed by atoms with Crippen molar-refractivity contribution in [3.63, 3.8) is 0 Å². The topological polar surface area (TPSA) is 44.8 Å². The number of benzene rings is 1. The molecule has 2 rings (SSSR count). The summed E-state index contributed by atoms with van der Waals surface area (Å²) >= 11 is 0. The van der Waals surface area contributed by atoms with Gasteiger partial charge < -0.3 is 14.2 Å². The molecule has 1 aromatic carbocycles. The predicted octanol–water partition coefficient (Wildman–Crippen LogP) is 2.69. The van der Waals surface area contributed by atoms with E-state index in [0.29, 0.717) is 17.3 Å². The highest BCUT2D eigenvalue weighted by atomic mass is 32.2. The Balaban J connectivity index is 2.08. The van der Waals surface area contributed by atoms with Gasteiger partial charge in [-0.3, -0.25) is 4.21 Å². The molecule has 0 unspecified atom stereocenters. The molecule has 1 aliphatic heterocycles. The van der Waals surface area contributed by atoms with Gasteiger partial charge in [-0.1, -0.05) is 0 Å². The average Bonchev–Trinajstić information content (AvgIpc) is 2.97. The van der Waals surface area contributed by atoms with Crippen molar-refractivity contribution in [2.24, 2.45) is 0 Å². The quantitative estimate of drug-likeness (QED) is 0.810. The first-order valence-corrected chi connectivity index (χ1v) is 8.20. The van der Waals surface area contributed by atoms with E-state index in [-0.39, 0.29) is 6.10 Å². The van der Waals surface area contributed by atoms with Crippen LogP contribution in [-0.2, 0) is 15.5 Å². The van der Waals surface area contributed by atoms with Crippen molar-refractivity contribution < 1.29 is 18.4 Å². The van der Waals surface area contributed by atoms with Gasteiger partial charge in [0, 0.05) is 23.3 Å². The van der Waals surface area contributed by atoms with Crippen LogP contribution in [0.1, 0.15) is 24.8 Å². The second kappa shape index (κ2) is 7.09. The maximum absolute atomic E-state index is 12.4. The van der Waals surface area contributed by atoms with Crippen LogP contribution >= 0.6 is 0 Å². The third-order valence-electron chi connectivity index (χ3n) is 3.58. The fraction of sp³-hybridized carbons (Fsp3) is 0.600. The summed E-state index contributed by atoms with van der Waals surface area (Å²) in [6.45, 7) is 2.79. The van der Waals surface area contributed by atoms with Crippen LogP contribution in [-0.4, -0.2) is 36.9 Å². The van der Waals surface area contributed by atoms with Crippen molar-refractivity contribution in [3.8, 4) is 11.5 Å². The minimum absolute atomic E-state index is 0.277. The number of rotatable bonds is 6. The number of hydrogen-bond acceptors (Lipinski definition) is 4. The zero-order valence-corrected chi connectivity index (χ0v) is 13.1. The first-order chi connectivity index (χ1) is 9.65. The third kappa shape index (κ3) is 3.52. The van der Waals surface area contributed by atoms with Crippen LogP contribution in [0.15, 0.2) is 17.0 Å². The summed E-state index contributed by atoms with van der Waals surface area (Å²) in [7, 11) is 2.16. The lowest BCUT2D eigenvalue weighted by Gasteiger charge is -2.13. The molecule has 112 valence electrons. The van der Waals surface area contributed by atoms with E-state index in [1.807, 2.05) is 19.1 Å². The number of aryl methyl sites for hydroxylation is 1. The molecule has 4 nitrogen and oxygen atoms in total. The van der Waals surface area contributed by atoms with Crippen LogP contribution in [0.25, 0.3) is 0 Å². The lowest BCUT2D eigenvalue weighted by molar-refractivity contribution is 0.109. The molecule has 0 radical (unpaired) electrons. The summed E-state index contributed by atoms with van der Waals surface area (Å²) in [5.74, 6) is 1.92. The van der Waals surface area contributed by atoms with Gasteiger partial charge in [0.2, 0.25) is 0 Å². The average molecular weight is 298 g/mol. The molecule has 1 saturated heterocycles. The van der Waals surface area contributed by atoms with E-state index in [9.17, 15) is 4.21 Å². The van der Waals surface area contributed by atoms with Gasteiger partial charge in [-0.05, 0) is 37.8 Å². The van der Waals surface area contributed by atoms with Gasteiger partial charge in [0.05, 0.1) is 31.1 Å². The van der Waals surface area contributed by atoms with Crippen molar-refractivity contribution in [3.05, 3.63) is 17.7 Å². The first-order valence-electron chi connectivity index (χ1n) is 6.88. The Morgan fingerprint density at radius 1 is 1.30 bits per heavy atom. The Bertz CT molecular complexity index is 481. The molecule has 0 saturated carbocycles. The maximum Gasteiger partial charge on any atom is 0.161 e. The molecular weight excluding hydrogens is 276 g/mol. The van der Waals surface area contributed by atoms with Gasteiger partial charge in [-0.2, -0.15) is 0 Å². The van der Waals surface area contributed by atoms with Crippen LogP contribution in [0.4, 0.5) is 0 Å². The third-order valence-corrected chi connectivity index (χ3v) is 5.11. The smallest absolute Gasteiger partial charge is 0.161 e. The van der Waals surface area contributed by atoms with Gasteiger partial charge >= 0.3 is 0 Å². The maximum atomic E-state index is 12.4. The van der Waals surface area contributed by atoms with Crippen LogP contribution in [0.5, 0.6) is 11.5 Å². The van der Waals surface area contributed by atoms with Crippen molar-refractivity contribution in [1.82, 2.24) is 0 Å². The Kier molecular flexibility index (Phi) is 5.43. The molecule has 0 aromatic heterocycles. The molecular formula is C15H22O4S. The molecule has 5 heteroatoms. The van der Waals surface area contributed by atoms with E-state index in [1.54, 1.807) is 14.2 Å². The van der Waals surface area contributed by atoms with Crippen molar-refractivity contribution in [2.75, 3.05) is 26.6 Å². The zero-order chi connectivity index (χ0) is 14.5. The summed E-state index contributed by atoms with van der Waals surface area (Å²) in [6, 6.07) is 3.69. The van der Waals surface area contributed by atoms with E-state index in [1.165, 1.54) is 0 Å². The predicted molar refractivity (Wildman–Crippen MR) is 79.1 cm³/mol. The van der Waals surface area contributed by atoms with Gasteiger partial charge in [0.1, 0.15) is 0 Å². The van der Waals surface area contributed by atoms with Gasteiger partial charge in [0.25, 0.3) is 0 Å². The Morgan fingerprint density at radius 3 is 2.60 bits per heavy atom. The number of ether oxygens (including phenoxy) is 3. The molecule has 0 bridgehead atoms. The molecule has 0 spiro atoms. The molecule has 1 fully saturated rings. The molecule has 1 aliphatic rings. The fourth-order valence-corrected chi connectivity index (χ4v) is 3.78. The summed E-state index contributed by atoms with van der Waals surface area (Å²) in [6.07, 6.45) is 3.33. The van der Waals surface area contributed by atoms with Crippen LogP contribution in [0, 0.1) is 6.92 Å². The van der Waals surface area contributed by atoms with Gasteiger partial charge in [-0.25, -0.2) is 0 Å². The van der Waals surface area contributed by atoms with Crippen molar-refractivity contribution >= 4 is 10.8 Å². The highest BCUT2D eigenvalue weighted by Gasteiger charge is 2.18. The number of methoxy groups -OCH3 is 2. The van der Waals surface area contributed by atoms with Crippen molar-refractivity contribution in [1.29, 1.82) is 0 Å². The summed E-state index contributed by atoms with van der Waals surface area (Å²) < 4.78 is 28.5. The summed E-state index contributed by atoms with van der Waals surface area (Å²) in [5.41, 5.74) is 0.966. The standard InChI is InChI=1S/C15H22O4S/c1-11-9-13(17-2)14(18-3)10-15(11)20(16)8-6-12-5-4-7-19-12/h9-10,12H,4-8H2,1-3H3/t12-,20+/m0/s1. The Hall–Kier alpha value is -1.07. The Labute approximate surface area is 122 Å². The highest BCUT2D eigenvalue weighted by Crippen LogP contribution is 2.32. The fourth-order valence-electron chi connectivity index (χ4n) is 2.43. The largest absolute Gasteiger partial charge is 0.493 e. The number of hydrogen-bond donors (Lipinski definition) is 0. The zero-order valence-electron chi connectivity index (χ0n) is 12.3. The van der Waals surface area contributed by atoms with Crippen LogP contribution < -0.4 is 9.47 Å². The second-order valence-corrected chi connectivity index (χ2v) is 6.49. The lowest BCUT2D eigenvalue weighted by atomic mass is 10.2. The van der Waals surface area contributed by atoms with Crippen LogP contribution in [0.2, 0.25) is 0 Å². The minimum atomic E-state index is -1.03. The molecule has 0 N–H and O–H groups in total. The van der Waals surface area contributed by atoms with Gasteiger partial charge in [-0.15, -0.1) is 0 Å². The second-order valence-electron chi connectivity index (χ2n) is 4.95. The summed E-state index contributed by atoms with van der Waals surface area (Å²) in [5, 5.41) is 0. The van der Waals surface area contributed by atoms with Crippen molar-refractivity contribution in [2.45, 2.75) is 37.2 Å². The lowest BCUT2D eigenvalue weighted by Crippen LogP contribution is -2.11. The molecule has 0 aliphatic carbocycles. The minimum Gasteiger partial charge on any atom is -0.493 e. The van der Waals surface area contributed by atoms with Gasteiger partial charge in [0.15, 0.2) is 11.5 Å². The molecule has 2 atom stereocenters. The molecule has 1 heterocycles. The Morgan fingerprint density at radius 2 is 2.00 bits per heavy atom. The molecule has 0 amide bonds. The van der Waals surface area contributed by atoms with E-state index in [0.717, 1.165) is 36.3 Å². The van der Waals surface area contributed by atoms with Crippen LogP contribution in [0.3, 0.4) is 0 Å². The molecule has 20 heavy (non-hydrogen) atoms. The van der Waals surface area contributed by atoms with E-state index >= 15 is 0 Å². The highest BCUT2D eigenvalue weighted by molar-refractivity contribution is 7.85. The normalized spacial score (nSPS) is 19.9. The van der Waals surface area contributed by atoms with E-state index < -0.39 is 10.8 Å². The monoisotopic (exact) mass is 298 g/mol. The SMILES string of the molecule is COc1cc(C)c([S@](=O)CC[C@@H]2CCCO2)cc1OC. The first kappa shape index (κ1) is 15.3. The van der Waals surface area contributed by atoms with E-state index in [2.05, 4.69) is 0 Å².